The fourth-order valence-corrected chi connectivity index (χ4v) is 2.16. The number of rotatable bonds is 2. The molecule has 1 aromatic heterocycles. The van der Waals surface area contributed by atoms with Gasteiger partial charge in [-0.05, 0) is 36.4 Å². The molecule has 1 heterocycles. The van der Waals surface area contributed by atoms with Gasteiger partial charge in [-0.25, -0.2) is 9.37 Å². The number of nitrogens with one attached hydrogen (secondary N) is 1. The first-order chi connectivity index (χ1) is 10.1. The van der Waals surface area contributed by atoms with Gasteiger partial charge in [-0.3, -0.25) is 4.79 Å². The van der Waals surface area contributed by atoms with Gasteiger partial charge in [0, 0.05) is 10.4 Å². The summed E-state index contributed by atoms with van der Waals surface area (Å²) in [6, 6.07) is 14.9. The van der Waals surface area contributed by atoms with Crippen LogP contribution in [0.3, 0.4) is 0 Å². The Morgan fingerprint density at radius 2 is 1.90 bits per heavy atom. The van der Waals surface area contributed by atoms with Gasteiger partial charge in [0.15, 0.2) is 0 Å². The molecule has 0 bridgehead atoms. The summed E-state index contributed by atoms with van der Waals surface area (Å²) in [6.45, 7) is 0. The number of nitrogens with zero attached hydrogens (tertiary/aromatic N) is 1. The van der Waals surface area contributed by atoms with Crippen LogP contribution in [0, 0.1) is 5.82 Å². The Bertz CT molecular complexity index is 835. The van der Waals surface area contributed by atoms with Crippen molar-refractivity contribution >= 4 is 34.2 Å². The molecule has 0 spiro atoms. The Morgan fingerprint density at radius 1 is 1.10 bits per heavy atom. The largest absolute Gasteiger partial charge is 0.306 e. The molecule has 0 saturated heterocycles. The topological polar surface area (TPSA) is 42.0 Å². The van der Waals surface area contributed by atoms with Crippen molar-refractivity contribution in [3.63, 3.8) is 0 Å². The molecule has 0 aliphatic carbocycles. The van der Waals surface area contributed by atoms with E-state index in [1.54, 1.807) is 6.07 Å². The molecule has 3 nitrogen and oxygen atoms in total. The zero-order valence-electron chi connectivity index (χ0n) is 10.8. The lowest BCUT2D eigenvalue weighted by Crippen LogP contribution is -2.14. The molecule has 0 aliphatic rings. The van der Waals surface area contributed by atoms with E-state index in [1.165, 1.54) is 12.1 Å². The minimum absolute atomic E-state index is 0.113. The van der Waals surface area contributed by atoms with E-state index in [4.69, 9.17) is 11.6 Å². The van der Waals surface area contributed by atoms with Crippen LogP contribution in [0.1, 0.15) is 10.4 Å². The SMILES string of the molecule is O=C(Nc1ccc2ccccc2n1)c1cc(Cl)ccc1F. The van der Waals surface area contributed by atoms with Gasteiger partial charge in [0.2, 0.25) is 0 Å². The summed E-state index contributed by atoms with van der Waals surface area (Å²) < 4.78 is 13.6. The minimum atomic E-state index is -0.627. The molecular formula is C16H10ClFN2O. The number of amides is 1. The second kappa shape index (κ2) is 5.50. The Morgan fingerprint density at radius 3 is 2.76 bits per heavy atom. The zero-order chi connectivity index (χ0) is 14.8. The van der Waals surface area contributed by atoms with Crippen molar-refractivity contribution in [2.24, 2.45) is 0 Å². The third-order valence-corrected chi connectivity index (χ3v) is 3.25. The summed E-state index contributed by atoms with van der Waals surface area (Å²) in [5.41, 5.74) is 0.638. The number of pyridine rings is 1. The van der Waals surface area contributed by atoms with Gasteiger partial charge >= 0.3 is 0 Å². The highest BCUT2D eigenvalue weighted by Gasteiger charge is 2.13. The summed E-state index contributed by atoms with van der Waals surface area (Å²) in [6.07, 6.45) is 0. The van der Waals surface area contributed by atoms with E-state index >= 15 is 0 Å². The normalized spacial score (nSPS) is 10.6. The second-order valence-electron chi connectivity index (χ2n) is 4.47. The zero-order valence-corrected chi connectivity index (χ0v) is 11.6. The molecule has 1 amide bonds. The third kappa shape index (κ3) is 2.85. The van der Waals surface area contributed by atoms with Gasteiger partial charge in [-0.15, -0.1) is 0 Å². The van der Waals surface area contributed by atoms with Gasteiger partial charge in [0.05, 0.1) is 11.1 Å². The Kier molecular flexibility index (Phi) is 3.54. The number of carbonyl (C=O) groups is 1. The first-order valence-corrected chi connectivity index (χ1v) is 6.63. The first kappa shape index (κ1) is 13.5. The number of benzene rings is 2. The third-order valence-electron chi connectivity index (χ3n) is 3.01. The predicted octanol–water partition coefficient (Wildman–Crippen LogP) is 4.28. The highest BCUT2D eigenvalue weighted by Crippen LogP contribution is 2.18. The van der Waals surface area contributed by atoms with Crippen LogP contribution in [0.2, 0.25) is 5.02 Å². The van der Waals surface area contributed by atoms with E-state index in [-0.39, 0.29) is 5.56 Å². The predicted molar refractivity (Wildman–Crippen MR) is 81.1 cm³/mol. The molecular weight excluding hydrogens is 291 g/mol. The van der Waals surface area contributed by atoms with E-state index in [9.17, 15) is 9.18 Å². The molecule has 3 rings (SSSR count). The van der Waals surface area contributed by atoms with Gasteiger partial charge in [0.1, 0.15) is 11.6 Å². The van der Waals surface area contributed by atoms with Crippen LogP contribution in [-0.2, 0) is 0 Å². The Labute approximate surface area is 125 Å². The minimum Gasteiger partial charge on any atom is -0.306 e. The van der Waals surface area contributed by atoms with Gasteiger partial charge in [0.25, 0.3) is 5.91 Å². The number of hydrogen-bond acceptors (Lipinski definition) is 2. The van der Waals surface area contributed by atoms with E-state index in [2.05, 4.69) is 10.3 Å². The number of aromatic nitrogens is 1. The van der Waals surface area contributed by atoms with Crippen LogP contribution in [0.5, 0.6) is 0 Å². The number of carbonyl (C=O) groups excluding carboxylic acids is 1. The van der Waals surface area contributed by atoms with E-state index in [0.29, 0.717) is 10.8 Å². The first-order valence-electron chi connectivity index (χ1n) is 6.26. The molecule has 0 unspecified atom stereocenters. The quantitative estimate of drug-likeness (QED) is 0.767. The smallest absolute Gasteiger partial charge is 0.259 e. The number of anilines is 1. The second-order valence-corrected chi connectivity index (χ2v) is 4.90. The van der Waals surface area contributed by atoms with Crippen LogP contribution in [0.4, 0.5) is 10.2 Å². The van der Waals surface area contributed by atoms with Crippen molar-refractivity contribution in [1.82, 2.24) is 4.98 Å². The van der Waals surface area contributed by atoms with Gasteiger partial charge in [-0.2, -0.15) is 0 Å². The number of halogens is 2. The maximum Gasteiger partial charge on any atom is 0.259 e. The summed E-state index contributed by atoms with van der Waals surface area (Å²) in [4.78, 5) is 16.4. The molecule has 5 heteroatoms. The molecule has 0 atom stereocenters. The fourth-order valence-electron chi connectivity index (χ4n) is 1.99. The van der Waals surface area contributed by atoms with Crippen LogP contribution in [0.15, 0.2) is 54.6 Å². The van der Waals surface area contributed by atoms with Gasteiger partial charge in [-0.1, -0.05) is 29.8 Å². The summed E-state index contributed by atoms with van der Waals surface area (Å²) in [7, 11) is 0. The monoisotopic (exact) mass is 300 g/mol. The van der Waals surface area contributed by atoms with Gasteiger partial charge < -0.3 is 5.32 Å². The van der Waals surface area contributed by atoms with E-state index in [1.807, 2.05) is 30.3 Å². The maximum absolute atomic E-state index is 13.6. The van der Waals surface area contributed by atoms with E-state index in [0.717, 1.165) is 17.0 Å². The van der Waals surface area contributed by atoms with Crippen molar-refractivity contribution in [3.8, 4) is 0 Å². The molecule has 0 fully saturated rings. The average molecular weight is 301 g/mol. The molecule has 0 aliphatic heterocycles. The lowest BCUT2D eigenvalue weighted by atomic mass is 10.2. The standard InChI is InChI=1S/C16H10ClFN2O/c17-11-6-7-13(18)12(9-11)16(21)20-15-8-5-10-3-1-2-4-14(10)19-15/h1-9H,(H,19,20,21). The maximum atomic E-state index is 13.6. The lowest BCUT2D eigenvalue weighted by molar-refractivity contribution is 0.102. The van der Waals surface area contributed by atoms with Crippen LogP contribution in [0.25, 0.3) is 10.9 Å². The molecule has 3 aromatic rings. The number of fused-ring (bicyclic) bond motifs is 1. The highest BCUT2D eigenvalue weighted by molar-refractivity contribution is 6.31. The van der Waals surface area contributed by atoms with Crippen molar-refractivity contribution in [2.45, 2.75) is 0 Å². The molecule has 2 aromatic carbocycles. The summed E-state index contributed by atoms with van der Waals surface area (Å²) >= 11 is 5.78. The summed E-state index contributed by atoms with van der Waals surface area (Å²) in [5, 5.41) is 3.83. The molecule has 0 radical (unpaired) electrons. The number of para-hydroxylation sites is 1. The van der Waals surface area contributed by atoms with Crippen LogP contribution in [-0.4, -0.2) is 10.9 Å². The molecule has 21 heavy (non-hydrogen) atoms. The summed E-state index contributed by atoms with van der Waals surface area (Å²) in [5.74, 6) is -0.853. The number of hydrogen-bond donors (Lipinski definition) is 1. The lowest BCUT2D eigenvalue weighted by Gasteiger charge is -2.07. The average Bonchev–Trinajstić information content (AvgIpc) is 2.49. The van der Waals surface area contributed by atoms with Crippen molar-refractivity contribution in [2.75, 3.05) is 5.32 Å². The van der Waals surface area contributed by atoms with Crippen molar-refractivity contribution in [1.29, 1.82) is 0 Å². The Hall–Kier alpha value is -2.46. The van der Waals surface area contributed by atoms with Crippen LogP contribution >= 0.6 is 11.6 Å². The van der Waals surface area contributed by atoms with Crippen LogP contribution < -0.4 is 5.32 Å². The molecule has 0 saturated carbocycles. The molecule has 104 valence electrons. The van der Waals surface area contributed by atoms with Crippen molar-refractivity contribution < 1.29 is 9.18 Å². The Balaban J connectivity index is 1.90. The fraction of sp³-hybridized carbons (Fsp3) is 0. The van der Waals surface area contributed by atoms with E-state index < -0.39 is 11.7 Å². The molecule has 1 N–H and O–H groups in total. The highest BCUT2D eigenvalue weighted by atomic mass is 35.5. The van der Waals surface area contributed by atoms with Crippen molar-refractivity contribution in [3.05, 3.63) is 71.0 Å².